The minimum atomic E-state index is -3.54. The zero-order valence-corrected chi connectivity index (χ0v) is 13.0. The van der Waals surface area contributed by atoms with Gasteiger partial charge in [-0.15, -0.1) is 0 Å². The predicted octanol–water partition coefficient (Wildman–Crippen LogP) is 2.25. The van der Waals surface area contributed by atoms with Crippen LogP contribution in [-0.4, -0.2) is 21.0 Å². The van der Waals surface area contributed by atoms with E-state index in [1.165, 1.54) is 12.5 Å². The van der Waals surface area contributed by atoms with Crippen molar-refractivity contribution in [3.05, 3.63) is 17.9 Å². The van der Waals surface area contributed by atoms with Crippen LogP contribution in [0.25, 0.3) is 0 Å². The van der Waals surface area contributed by atoms with Gasteiger partial charge in [0.05, 0.1) is 6.54 Å². The van der Waals surface area contributed by atoms with E-state index >= 15 is 0 Å². The fourth-order valence-electron chi connectivity index (χ4n) is 2.59. The molecule has 1 aliphatic carbocycles. The van der Waals surface area contributed by atoms with Gasteiger partial charge in [-0.2, -0.15) is 0 Å². The fourth-order valence-corrected chi connectivity index (χ4v) is 3.92. The van der Waals surface area contributed by atoms with Crippen molar-refractivity contribution < 1.29 is 12.8 Å². The van der Waals surface area contributed by atoms with Gasteiger partial charge < -0.3 is 9.73 Å². The highest BCUT2D eigenvalue weighted by Crippen LogP contribution is 2.25. The van der Waals surface area contributed by atoms with Crippen LogP contribution in [-0.2, 0) is 16.6 Å². The number of hydrogen-bond donors (Lipinski definition) is 2. The summed E-state index contributed by atoms with van der Waals surface area (Å²) in [5.41, 5.74) is 0. The molecule has 0 spiro atoms. The number of nitrogens with one attached hydrogen (secondary N) is 2. The van der Waals surface area contributed by atoms with Crippen LogP contribution in [0.5, 0.6) is 0 Å². The summed E-state index contributed by atoms with van der Waals surface area (Å²) in [7, 11) is -3.54. The van der Waals surface area contributed by atoms with Crippen LogP contribution >= 0.6 is 0 Å². The standard InChI is InChI=1S/C14H24N2O3S/c1-3-15-10-12-8-9-14(19-12)20(17,18)16-13-7-5-4-6-11(13)2/h8-9,11,13,15-16H,3-7,10H2,1-2H3. The lowest BCUT2D eigenvalue weighted by Gasteiger charge is -2.28. The minimum absolute atomic E-state index is 0.0168. The Morgan fingerprint density at radius 2 is 2.05 bits per heavy atom. The molecule has 0 amide bonds. The average molecular weight is 300 g/mol. The van der Waals surface area contributed by atoms with Gasteiger partial charge in [0.15, 0.2) is 0 Å². The number of furan rings is 1. The Labute approximate surface area is 121 Å². The Morgan fingerprint density at radius 3 is 2.75 bits per heavy atom. The van der Waals surface area contributed by atoms with Crippen molar-refractivity contribution in [2.45, 2.75) is 57.2 Å². The third kappa shape index (κ3) is 3.84. The second kappa shape index (κ2) is 6.74. The van der Waals surface area contributed by atoms with Gasteiger partial charge in [-0.1, -0.05) is 26.7 Å². The zero-order valence-electron chi connectivity index (χ0n) is 12.2. The van der Waals surface area contributed by atoms with Gasteiger partial charge in [0, 0.05) is 6.04 Å². The minimum Gasteiger partial charge on any atom is -0.447 e. The predicted molar refractivity (Wildman–Crippen MR) is 77.8 cm³/mol. The van der Waals surface area contributed by atoms with Crippen molar-refractivity contribution in [2.24, 2.45) is 5.92 Å². The largest absolute Gasteiger partial charge is 0.447 e. The molecular weight excluding hydrogens is 276 g/mol. The van der Waals surface area contributed by atoms with Crippen LogP contribution < -0.4 is 10.0 Å². The molecule has 2 N–H and O–H groups in total. The Hall–Kier alpha value is -0.850. The van der Waals surface area contributed by atoms with Gasteiger partial charge in [0.1, 0.15) is 5.76 Å². The summed E-state index contributed by atoms with van der Waals surface area (Å²) in [6, 6.07) is 3.26. The molecular formula is C14H24N2O3S. The molecule has 20 heavy (non-hydrogen) atoms. The van der Waals surface area contributed by atoms with Crippen molar-refractivity contribution in [1.29, 1.82) is 0 Å². The molecule has 1 aliphatic rings. The van der Waals surface area contributed by atoms with E-state index in [4.69, 9.17) is 4.42 Å². The first-order chi connectivity index (χ1) is 9.53. The molecule has 2 atom stereocenters. The van der Waals surface area contributed by atoms with Gasteiger partial charge in [-0.05, 0) is 37.4 Å². The molecule has 1 aromatic rings. The lowest BCUT2D eigenvalue weighted by atomic mass is 9.87. The van der Waals surface area contributed by atoms with E-state index in [0.29, 0.717) is 18.2 Å². The Kier molecular flexibility index (Phi) is 5.23. The molecule has 1 saturated carbocycles. The summed E-state index contributed by atoms with van der Waals surface area (Å²) in [6.45, 7) is 5.46. The molecule has 114 valence electrons. The summed E-state index contributed by atoms with van der Waals surface area (Å²) in [6.07, 6.45) is 4.26. The molecule has 1 heterocycles. The highest BCUT2D eigenvalue weighted by atomic mass is 32.2. The molecule has 0 aliphatic heterocycles. The molecule has 1 fully saturated rings. The van der Waals surface area contributed by atoms with E-state index in [1.807, 2.05) is 6.92 Å². The van der Waals surface area contributed by atoms with Crippen LogP contribution in [0.15, 0.2) is 21.6 Å². The molecule has 2 rings (SSSR count). The van der Waals surface area contributed by atoms with E-state index < -0.39 is 10.0 Å². The lowest BCUT2D eigenvalue weighted by Crippen LogP contribution is -2.40. The molecule has 6 heteroatoms. The Morgan fingerprint density at radius 1 is 1.30 bits per heavy atom. The quantitative estimate of drug-likeness (QED) is 0.845. The Bertz CT molecular complexity index is 524. The zero-order chi connectivity index (χ0) is 14.6. The molecule has 0 saturated heterocycles. The van der Waals surface area contributed by atoms with Gasteiger partial charge >= 0.3 is 0 Å². The topological polar surface area (TPSA) is 71.3 Å². The lowest BCUT2D eigenvalue weighted by molar-refractivity contribution is 0.307. The third-order valence-corrected chi connectivity index (χ3v) is 5.23. The van der Waals surface area contributed by atoms with Crippen molar-refractivity contribution in [2.75, 3.05) is 6.54 Å². The van der Waals surface area contributed by atoms with Crippen molar-refractivity contribution >= 4 is 10.0 Å². The van der Waals surface area contributed by atoms with Crippen LogP contribution in [0.1, 0.15) is 45.3 Å². The van der Waals surface area contributed by atoms with Crippen LogP contribution in [0.3, 0.4) is 0 Å². The number of hydrogen-bond acceptors (Lipinski definition) is 4. The van der Waals surface area contributed by atoms with Crippen molar-refractivity contribution in [3.63, 3.8) is 0 Å². The maximum absolute atomic E-state index is 12.3. The molecule has 0 radical (unpaired) electrons. The van der Waals surface area contributed by atoms with Gasteiger partial charge in [0.25, 0.3) is 10.0 Å². The second-order valence-corrected chi connectivity index (χ2v) is 7.14. The summed E-state index contributed by atoms with van der Waals surface area (Å²) in [5.74, 6) is 1.03. The first-order valence-electron chi connectivity index (χ1n) is 7.34. The highest BCUT2D eigenvalue weighted by molar-refractivity contribution is 7.89. The van der Waals surface area contributed by atoms with Crippen molar-refractivity contribution in [3.8, 4) is 0 Å². The van der Waals surface area contributed by atoms with Gasteiger partial charge in [-0.25, -0.2) is 13.1 Å². The fraction of sp³-hybridized carbons (Fsp3) is 0.714. The molecule has 1 aromatic heterocycles. The van der Waals surface area contributed by atoms with Crippen LogP contribution in [0, 0.1) is 5.92 Å². The highest BCUT2D eigenvalue weighted by Gasteiger charge is 2.28. The maximum Gasteiger partial charge on any atom is 0.274 e. The van der Waals surface area contributed by atoms with E-state index in [2.05, 4.69) is 17.0 Å². The van der Waals surface area contributed by atoms with E-state index in [9.17, 15) is 8.42 Å². The molecule has 2 unspecified atom stereocenters. The smallest absolute Gasteiger partial charge is 0.274 e. The number of rotatable bonds is 6. The third-order valence-electron chi connectivity index (χ3n) is 3.87. The first kappa shape index (κ1) is 15.5. The monoisotopic (exact) mass is 300 g/mol. The van der Waals surface area contributed by atoms with Gasteiger partial charge in [0.2, 0.25) is 5.09 Å². The van der Waals surface area contributed by atoms with E-state index in [0.717, 1.165) is 25.8 Å². The van der Waals surface area contributed by atoms with E-state index in [-0.39, 0.29) is 11.1 Å². The average Bonchev–Trinajstić information content (AvgIpc) is 2.88. The first-order valence-corrected chi connectivity index (χ1v) is 8.83. The molecule has 0 aromatic carbocycles. The van der Waals surface area contributed by atoms with Crippen LogP contribution in [0.2, 0.25) is 0 Å². The Balaban J connectivity index is 2.03. The van der Waals surface area contributed by atoms with Gasteiger partial charge in [-0.3, -0.25) is 0 Å². The summed E-state index contributed by atoms with van der Waals surface area (Å²) in [4.78, 5) is 0. The SMILES string of the molecule is CCNCc1ccc(S(=O)(=O)NC2CCCCC2C)o1. The van der Waals surface area contributed by atoms with E-state index in [1.54, 1.807) is 6.07 Å². The van der Waals surface area contributed by atoms with Crippen molar-refractivity contribution in [1.82, 2.24) is 10.0 Å². The maximum atomic E-state index is 12.3. The second-order valence-electron chi connectivity index (χ2n) is 5.49. The summed E-state index contributed by atoms with van der Waals surface area (Å²) >= 11 is 0. The summed E-state index contributed by atoms with van der Waals surface area (Å²) in [5, 5.41) is 3.13. The molecule has 5 nitrogen and oxygen atoms in total. The van der Waals surface area contributed by atoms with Crippen LogP contribution in [0.4, 0.5) is 0 Å². The number of sulfonamides is 1. The summed E-state index contributed by atoms with van der Waals surface area (Å²) < 4.78 is 32.8. The normalized spacial score (nSPS) is 23.9. The molecule has 0 bridgehead atoms.